The van der Waals surface area contributed by atoms with E-state index in [1.165, 1.54) is 5.56 Å². The van der Waals surface area contributed by atoms with Gasteiger partial charge in [0, 0.05) is 70.7 Å². The molecule has 1 aromatic carbocycles. The van der Waals surface area contributed by atoms with E-state index < -0.39 is 5.60 Å². The van der Waals surface area contributed by atoms with Crippen LogP contribution in [0, 0.1) is 0 Å². The molecule has 1 amide bonds. The number of carbonyl (C=O) groups is 1. The van der Waals surface area contributed by atoms with Crippen LogP contribution in [0.3, 0.4) is 0 Å². The standard InChI is InChI=1S/C25H33N7O2/c1-25(2,3)34-24(33)32-14-18(15-32)16-10-17-12-22(27-13-19(17)20(11-16)30(4)5)28-21-8-9-26-23(29-21)31(6)7/h8-13,18H,14-15H2,1-7H3,(H,26,27,28,29). The van der Waals surface area contributed by atoms with Gasteiger partial charge in [-0.15, -0.1) is 0 Å². The summed E-state index contributed by atoms with van der Waals surface area (Å²) in [6.45, 7) is 6.96. The Hall–Kier alpha value is -3.62. The van der Waals surface area contributed by atoms with Crippen molar-refractivity contribution in [2.45, 2.75) is 32.3 Å². The van der Waals surface area contributed by atoms with Gasteiger partial charge in [0.25, 0.3) is 0 Å². The third-order valence-electron chi connectivity index (χ3n) is 5.62. The van der Waals surface area contributed by atoms with E-state index in [-0.39, 0.29) is 12.0 Å². The molecule has 0 radical (unpaired) electrons. The number of fused-ring (bicyclic) bond motifs is 1. The third-order valence-corrected chi connectivity index (χ3v) is 5.62. The first-order chi connectivity index (χ1) is 16.0. The number of nitrogens with zero attached hydrogens (tertiary/aromatic N) is 6. The molecule has 1 saturated heterocycles. The zero-order valence-corrected chi connectivity index (χ0v) is 21.0. The second-order valence-electron chi connectivity index (χ2n) is 10.1. The highest BCUT2D eigenvalue weighted by molar-refractivity contribution is 5.96. The van der Waals surface area contributed by atoms with E-state index in [1.54, 1.807) is 11.1 Å². The van der Waals surface area contributed by atoms with E-state index in [0.717, 1.165) is 16.5 Å². The first kappa shape index (κ1) is 23.5. The number of benzene rings is 1. The number of hydrogen-bond donors (Lipinski definition) is 1. The van der Waals surface area contributed by atoms with Gasteiger partial charge in [0.2, 0.25) is 5.95 Å². The van der Waals surface area contributed by atoms with Gasteiger partial charge in [-0.3, -0.25) is 0 Å². The largest absolute Gasteiger partial charge is 0.444 e. The van der Waals surface area contributed by atoms with Crippen LogP contribution < -0.4 is 15.1 Å². The highest BCUT2D eigenvalue weighted by Crippen LogP contribution is 2.35. The minimum atomic E-state index is -0.489. The van der Waals surface area contributed by atoms with E-state index >= 15 is 0 Å². The molecule has 0 atom stereocenters. The molecule has 2 aromatic heterocycles. The molecular weight excluding hydrogens is 430 g/mol. The number of aromatic nitrogens is 3. The Balaban J connectivity index is 1.59. The fourth-order valence-electron chi connectivity index (χ4n) is 3.86. The van der Waals surface area contributed by atoms with E-state index in [9.17, 15) is 4.79 Å². The van der Waals surface area contributed by atoms with Gasteiger partial charge in [0.05, 0.1) is 0 Å². The molecule has 9 heteroatoms. The van der Waals surface area contributed by atoms with Crippen molar-refractivity contribution < 1.29 is 9.53 Å². The molecule has 1 aliphatic rings. The van der Waals surface area contributed by atoms with Crippen molar-refractivity contribution in [3.8, 4) is 0 Å². The van der Waals surface area contributed by atoms with Gasteiger partial charge >= 0.3 is 6.09 Å². The van der Waals surface area contributed by atoms with Crippen LogP contribution in [0.15, 0.2) is 36.7 Å². The van der Waals surface area contributed by atoms with Crippen molar-refractivity contribution in [2.24, 2.45) is 0 Å². The lowest BCUT2D eigenvalue weighted by atomic mass is 9.89. The lowest BCUT2D eigenvalue weighted by Crippen LogP contribution is -2.50. The Labute approximate surface area is 200 Å². The third kappa shape index (κ3) is 5.13. The number of amides is 1. The average molecular weight is 464 g/mol. The quantitative estimate of drug-likeness (QED) is 0.601. The predicted octanol–water partition coefficient (Wildman–Crippen LogP) is 4.23. The summed E-state index contributed by atoms with van der Waals surface area (Å²) in [6, 6.07) is 8.24. The molecule has 34 heavy (non-hydrogen) atoms. The molecular formula is C25H33N7O2. The highest BCUT2D eigenvalue weighted by Gasteiger charge is 2.35. The number of nitrogens with one attached hydrogen (secondary N) is 1. The Kier molecular flexibility index (Phi) is 6.20. The van der Waals surface area contributed by atoms with Crippen molar-refractivity contribution in [1.82, 2.24) is 19.9 Å². The second-order valence-corrected chi connectivity index (χ2v) is 10.1. The van der Waals surface area contributed by atoms with Gasteiger partial charge in [0.1, 0.15) is 17.2 Å². The van der Waals surface area contributed by atoms with Crippen LogP contribution in [-0.4, -0.2) is 72.8 Å². The molecule has 0 saturated carbocycles. The predicted molar refractivity (Wildman–Crippen MR) is 136 cm³/mol. The van der Waals surface area contributed by atoms with Crippen LogP contribution in [0.5, 0.6) is 0 Å². The summed E-state index contributed by atoms with van der Waals surface area (Å²) in [7, 11) is 7.87. The van der Waals surface area contributed by atoms with Crippen molar-refractivity contribution in [3.05, 3.63) is 42.2 Å². The van der Waals surface area contributed by atoms with E-state index in [1.807, 2.05) is 72.2 Å². The van der Waals surface area contributed by atoms with Crippen molar-refractivity contribution in [1.29, 1.82) is 0 Å². The molecule has 1 fully saturated rings. The maximum Gasteiger partial charge on any atom is 0.410 e. The van der Waals surface area contributed by atoms with Gasteiger partial charge in [-0.2, -0.15) is 4.98 Å². The molecule has 0 bridgehead atoms. The zero-order chi connectivity index (χ0) is 24.6. The molecule has 3 aromatic rings. The Morgan fingerprint density at radius 1 is 1.06 bits per heavy atom. The summed E-state index contributed by atoms with van der Waals surface area (Å²) in [5, 5.41) is 5.44. The molecule has 0 aliphatic carbocycles. The summed E-state index contributed by atoms with van der Waals surface area (Å²) in [6.07, 6.45) is 3.36. The molecule has 1 N–H and O–H groups in total. The Morgan fingerprint density at radius 2 is 1.79 bits per heavy atom. The second kappa shape index (κ2) is 8.96. The van der Waals surface area contributed by atoms with Crippen LogP contribution in [0.2, 0.25) is 0 Å². The summed E-state index contributed by atoms with van der Waals surface area (Å²) in [4.78, 5) is 31.5. The van der Waals surface area contributed by atoms with Gasteiger partial charge in [0.15, 0.2) is 0 Å². The van der Waals surface area contributed by atoms with Crippen LogP contribution in [-0.2, 0) is 4.74 Å². The molecule has 0 spiro atoms. The van der Waals surface area contributed by atoms with Crippen molar-refractivity contribution in [3.63, 3.8) is 0 Å². The average Bonchev–Trinajstić information content (AvgIpc) is 2.70. The smallest absolute Gasteiger partial charge is 0.410 e. The molecule has 9 nitrogen and oxygen atoms in total. The van der Waals surface area contributed by atoms with Gasteiger partial charge in [-0.1, -0.05) is 6.07 Å². The first-order valence-electron chi connectivity index (χ1n) is 11.4. The number of likely N-dealkylation sites (tertiary alicyclic amines) is 1. The lowest BCUT2D eigenvalue weighted by molar-refractivity contribution is 0.00821. The van der Waals surface area contributed by atoms with E-state index in [4.69, 9.17) is 4.74 Å². The number of anilines is 4. The SMILES string of the molecule is CN(C)c1nccc(Nc2cc3cc(C4CN(C(=O)OC(C)(C)C)C4)cc(N(C)C)c3cn2)n1. The Morgan fingerprint density at radius 3 is 2.44 bits per heavy atom. The molecule has 0 unspecified atom stereocenters. The van der Waals surface area contributed by atoms with E-state index in [0.29, 0.717) is 30.7 Å². The van der Waals surface area contributed by atoms with E-state index in [2.05, 4.69) is 37.3 Å². The summed E-state index contributed by atoms with van der Waals surface area (Å²) in [5.41, 5.74) is 1.81. The maximum absolute atomic E-state index is 12.4. The van der Waals surface area contributed by atoms with Crippen LogP contribution >= 0.6 is 0 Å². The number of ether oxygens (including phenoxy) is 1. The molecule has 4 rings (SSSR count). The summed E-state index contributed by atoms with van der Waals surface area (Å²) >= 11 is 0. The lowest BCUT2D eigenvalue weighted by Gasteiger charge is -2.40. The fraction of sp³-hybridized carbons (Fsp3) is 0.440. The number of pyridine rings is 1. The molecule has 3 heterocycles. The number of hydrogen-bond acceptors (Lipinski definition) is 8. The number of carbonyl (C=O) groups excluding carboxylic acids is 1. The van der Waals surface area contributed by atoms with Crippen molar-refractivity contribution >= 4 is 40.1 Å². The number of rotatable bonds is 5. The monoisotopic (exact) mass is 463 g/mol. The zero-order valence-electron chi connectivity index (χ0n) is 21.0. The van der Waals surface area contributed by atoms with Crippen LogP contribution in [0.4, 0.5) is 28.1 Å². The summed E-state index contributed by atoms with van der Waals surface area (Å²) < 4.78 is 5.50. The highest BCUT2D eigenvalue weighted by atomic mass is 16.6. The first-order valence-corrected chi connectivity index (χ1v) is 11.4. The van der Waals surface area contributed by atoms with Gasteiger partial charge in [-0.25, -0.2) is 14.8 Å². The molecule has 1 aliphatic heterocycles. The van der Waals surface area contributed by atoms with Crippen molar-refractivity contribution in [2.75, 3.05) is 56.4 Å². The topological polar surface area (TPSA) is 86.7 Å². The summed E-state index contributed by atoms with van der Waals surface area (Å²) in [5.74, 6) is 2.29. The molecule has 180 valence electrons. The minimum absolute atomic E-state index is 0.255. The van der Waals surface area contributed by atoms with Crippen LogP contribution in [0.25, 0.3) is 10.8 Å². The maximum atomic E-state index is 12.4. The fourth-order valence-corrected chi connectivity index (χ4v) is 3.86. The normalized spacial score (nSPS) is 14.0. The minimum Gasteiger partial charge on any atom is -0.444 e. The van der Waals surface area contributed by atoms with Gasteiger partial charge < -0.3 is 24.8 Å². The van der Waals surface area contributed by atoms with Crippen LogP contribution in [0.1, 0.15) is 32.3 Å². The van der Waals surface area contributed by atoms with Gasteiger partial charge in [-0.05, 0) is 49.9 Å². The Bertz CT molecular complexity index is 1200.